The predicted octanol–water partition coefficient (Wildman–Crippen LogP) is 16.7. The Hall–Kier alpha value is -7.98. The smallest absolute Gasteiger partial charge is 0.0714 e. The summed E-state index contributed by atoms with van der Waals surface area (Å²) in [5.74, 6) is 0. The first-order chi connectivity index (χ1) is 31.8. The Balaban J connectivity index is 1.01. The van der Waals surface area contributed by atoms with Gasteiger partial charge in [0.1, 0.15) is 0 Å². The number of fused-ring (bicyclic) bond motifs is 9. The summed E-state index contributed by atoms with van der Waals surface area (Å²) in [5, 5.41) is 5.10. The molecule has 0 saturated heterocycles. The van der Waals surface area contributed by atoms with E-state index in [4.69, 9.17) is 0 Å². The van der Waals surface area contributed by atoms with Crippen molar-refractivity contribution in [3.05, 3.63) is 265 Å². The number of hydrogen-bond donors (Lipinski definition) is 0. The van der Waals surface area contributed by atoms with Crippen LogP contribution in [0.15, 0.2) is 243 Å². The third-order valence-electron chi connectivity index (χ3n) is 13.5. The number of nitrogens with zero attached hydrogens (tertiary/aromatic N) is 2. The molecule has 0 saturated carbocycles. The lowest BCUT2D eigenvalue weighted by molar-refractivity contribution is 0.768. The molecule has 0 radical (unpaired) electrons. The molecule has 0 fully saturated rings. The number of benzene rings is 10. The van der Waals surface area contributed by atoms with Crippen molar-refractivity contribution in [2.45, 2.75) is 5.41 Å². The van der Waals surface area contributed by atoms with Gasteiger partial charge in [-0.2, -0.15) is 0 Å². The van der Waals surface area contributed by atoms with E-state index in [1.165, 1.54) is 86.5 Å². The van der Waals surface area contributed by atoms with E-state index in [0.29, 0.717) is 0 Å². The van der Waals surface area contributed by atoms with Crippen molar-refractivity contribution in [2.75, 3.05) is 4.90 Å². The average molecular weight is 833 g/mol. The molecule has 3 heteroatoms. The van der Waals surface area contributed by atoms with Gasteiger partial charge in [-0.1, -0.05) is 176 Å². The van der Waals surface area contributed by atoms with Gasteiger partial charge in [0.25, 0.3) is 0 Å². The highest BCUT2D eigenvalue weighted by Crippen LogP contribution is 2.59. The van der Waals surface area contributed by atoms with E-state index >= 15 is 0 Å². The first-order valence-corrected chi connectivity index (χ1v) is 22.8. The first kappa shape index (κ1) is 36.7. The zero-order valence-corrected chi connectivity index (χ0v) is 35.7. The van der Waals surface area contributed by atoms with E-state index in [0.717, 1.165) is 22.7 Å². The van der Waals surface area contributed by atoms with Crippen molar-refractivity contribution < 1.29 is 0 Å². The SMILES string of the molecule is c1ccc(C2(c3ccccc3)c3ccccc3-c3c(N(c4ccc(-c5cccc(-n6c7ccccc7c7ccccc76)c5)cc4)c4ccc5sc6ccccc6c5c4)cccc32)cc1. The van der Waals surface area contributed by atoms with Crippen LogP contribution in [0.1, 0.15) is 22.3 Å². The van der Waals surface area contributed by atoms with Gasteiger partial charge < -0.3 is 9.47 Å². The molecule has 0 atom stereocenters. The Morgan fingerprint density at radius 2 is 0.953 bits per heavy atom. The van der Waals surface area contributed by atoms with E-state index in [9.17, 15) is 0 Å². The molecule has 64 heavy (non-hydrogen) atoms. The standard InChI is InChI=1S/C61H40N2S/c1-3-18-43(19-4-1)61(44-20-5-2-6-21-44)53-27-11-7-26-51(53)60-54(61)28-16-31-57(60)62(47-37-38-59-52(40-47)50-25-10-14-32-58(50)64-59)45-35-33-41(34-36-45)42-17-15-22-46(39-42)63-55-29-12-8-23-48(55)49-24-9-13-30-56(49)63/h1-40H. The Morgan fingerprint density at radius 3 is 1.69 bits per heavy atom. The minimum atomic E-state index is -0.505. The molecule has 0 N–H and O–H groups in total. The molecule has 2 aromatic heterocycles. The van der Waals surface area contributed by atoms with Crippen LogP contribution in [0.3, 0.4) is 0 Å². The largest absolute Gasteiger partial charge is 0.310 e. The summed E-state index contributed by atoms with van der Waals surface area (Å²) in [7, 11) is 0. The highest BCUT2D eigenvalue weighted by molar-refractivity contribution is 7.25. The molecule has 0 unspecified atom stereocenters. The van der Waals surface area contributed by atoms with Crippen LogP contribution in [0.25, 0.3) is 69.9 Å². The molecular weight excluding hydrogens is 793 g/mol. The number of para-hydroxylation sites is 2. The Kier molecular flexibility index (Phi) is 8.34. The third-order valence-corrected chi connectivity index (χ3v) is 14.6. The highest BCUT2D eigenvalue weighted by atomic mass is 32.1. The number of anilines is 3. The Bertz CT molecular complexity index is 3640. The zero-order valence-electron chi connectivity index (χ0n) is 34.9. The minimum absolute atomic E-state index is 0.505. The second-order valence-corrected chi connectivity index (χ2v) is 17.9. The van der Waals surface area contributed by atoms with Crippen molar-refractivity contribution in [3.63, 3.8) is 0 Å². The van der Waals surface area contributed by atoms with Crippen molar-refractivity contribution in [1.29, 1.82) is 0 Å². The van der Waals surface area contributed by atoms with Crippen LogP contribution in [-0.4, -0.2) is 4.57 Å². The van der Waals surface area contributed by atoms with E-state index < -0.39 is 5.41 Å². The monoisotopic (exact) mass is 832 g/mol. The fraction of sp³-hybridized carbons (Fsp3) is 0.0164. The quantitative estimate of drug-likeness (QED) is 0.155. The van der Waals surface area contributed by atoms with Crippen LogP contribution >= 0.6 is 11.3 Å². The molecule has 1 aliphatic rings. The van der Waals surface area contributed by atoms with Crippen LogP contribution in [0.4, 0.5) is 17.1 Å². The van der Waals surface area contributed by atoms with Crippen LogP contribution < -0.4 is 4.90 Å². The molecule has 300 valence electrons. The van der Waals surface area contributed by atoms with Crippen LogP contribution in [0.5, 0.6) is 0 Å². The van der Waals surface area contributed by atoms with Gasteiger partial charge in [0.2, 0.25) is 0 Å². The van der Waals surface area contributed by atoms with Crippen molar-refractivity contribution in [3.8, 4) is 27.9 Å². The molecule has 0 bridgehead atoms. The molecule has 1 aliphatic carbocycles. The van der Waals surface area contributed by atoms with Gasteiger partial charge in [-0.25, -0.2) is 0 Å². The molecule has 2 heterocycles. The average Bonchev–Trinajstić information content (AvgIpc) is 4.02. The number of thiophene rings is 1. The van der Waals surface area contributed by atoms with Gasteiger partial charge in [0.05, 0.1) is 22.1 Å². The maximum atomic E-state index is 2.49. The normalized spacial score (nSPS) is 12.8. The molecule has 0 amide bonds. The van der Waals surface area contributed by atoms with Gasteiger partial charge in [-0.05, 0) is 106 Å². The summed E-state index contributed by atoms with van der Waals surface area (Å²) >= 11 is 1.86. The topological polar surface area (TPSA) is 8.17 Å². The number of aromatic nitrogens is 1. The minimum Gasteiger partial charge on any atom is -0.310 e. The maximum Gasteiger partial charge on any atom is 0.0714 e. The second kappa shape index (κ2) is 14.6. The van der Waals surface area contributed by atoms with E-state index in [1.54, 1.807) is 0 Å². The number of rotatable bonds is 7. The Morgan fingerprint density at radius 1 is 0.375 bits per heavy atom. The molecule has 2 nitrogen and oxygen atoms in total. The van der Waals surface area contributed by atoms with Crippen LogP contribution in [0.2, 0.25) is 0 Å². The molecule has 0 spiro atoms. The summed E-state index contributed by atoms with van der Waals surface area (Å²) in [5.41, 5.74) is 16.4. The van der Waals surface area contributed by atoms with E-state index in [2.05, 4.69) is 252 Å². The first-order valence-electron chi connectivity index (χ1n) is 22.0. The van der Waals surface area contributed by atoms with Gasteiger partial charge in [-0.15, -0.1) is 11.3 Å². The van der Waals surface area contributed by atoms with Gasteiger partial charge in [0, 0.05) is 53.6 Å². The zero-order chi connectivity index (χ0) is 42.2. The number of hydrogen-bond acceptors (Lipinski definition) is 2. The maximum absolute atomic E-state index is 2.49. The summed E-state index contributed by atoms with van der Waals surface area (Å²) < 4.78 is 4.99. The summed E-state index contributed by atoms with van der Waals surface area (Å²) in [6, 6.07) is 89.6. The lowest BCUT2D eigenvalue weighted by atomic mass is 9.68. The summed E-state index contributed by atoms with van der Waals surface area (Å²) in [6.07, 6.45) is 0. The molecular formula is C61H40N2S. The predicted molar refractivity (Wildman–Crippen MR) is 271 cm³/mol. The van der Waals surface area contributed by atoms with Crippen LogP contribution in [0, 0.1) is 0 Å². The summed E-state index contributed by atoms with van der Waals surface area (Å²) in [6.45, 7) is 0. The molecule has 0 aliphatic heterocycles. The Labute approximate surface area is 376 Å². The third kappa shape index (κ3) is 5.44. The van der Waals surface area contributed by atoms with Crippen molar-refractivity contribution in [1.82, 2.24) is 4.57 Å². The van der Waals surface area contributed by atoms with Gasteiger partial charge in [-0.3, -0.25) is 0 Å². The molecule has 12 aromatic rings. The fourth-order valence-corrected chi connectivity index (χ4v) is 11.9. The lowest BCUT2D eigenvalue weighted by Gasteiger charge is -2.34. The second-order valence-electron chi connectivity index (χ2n) is 16.8. The lowest BCUT2D eigenvalue weighted by Crippen LogP contribution is -2.28. The fourth-order valence-electron chi connectivity index (χ4n) is 10.8. The van der Waals surface area contributed by atoms with Crippen LogP contribution in [-0.2, 0) is 5.41 Å². The van der Waals surface area contributed by atoms with Crippen molar-refractivity contribution in [2.24, 2.45) is 0 Å². The van der Waals surface area contributed by atoms with E-state index in [-0.39, 0.29) is 0 Å². The molecule has 13 rings (SSSR count). The van der Waals surface area contributed by atoms with Gasteiger partial charge in [0.15, 0.2) is 0 Å². The summed E-state index contributed by atoms with van der Waals surface area (Å²) in [4.78, 5) is 2.49. The van der Waals surface area contributed by atoms with Crippen molar-refractivity contribution >= 4 is 70.4 Å². The van der Waals surface area contributed by atoms with E-state index in [1.807, 2.05) is 11.3 Å². The van der Waals surface area contributed by atoms with Gasteiger partial charge >= 0.3 is 0 Å². The highest BCUT2D eigenvalue weighted by Gasteiger charge is 2.47. The molecule has 10 aromatic carbocycles.